The zero-order chi connectivity index (χ0) is 23.9. The molecule has 2 N–H and O–H groups in total. The first kappa shape index (κ1) is 25.6. The van der Waals surface area contributed by atoms with Gasteiger partial charge in [0.05, 0.1) is 11.2 Å². The smallest absolute Gasteiger partial charge is 0.251 e. The van der Waals surface area contributed by atoms with Crippen molar-refractivity contribution in [3.05, 3.63) is 54.0 Å². The quantitative estimate of drug-likeness (QED) is 0.533. The van der Waals surface area contributed by atoms with E-state index in [0.717, 1.165) is 5.76 Å². The van der Waals surface area contributed by atoms with Gasteiger partial charge in [-0.25, -0.2) is 8.42 Å². The molecule has 0 aliphatic heterocycles. The number of benzene rings is 1. The molecule has 0 aliphatic rings. The molecule has 0 saturated heterocycles. The molecule has 1 aromatic carbocycles. The second-order valence-corrected chi connectivity index (χ2v) is 9.94. The van der Waals surface area contributed by atoms with Crippen LogP contribution in [0.3, 0.4) is 0 Å². The van der Waals surface area contributed by atoms with Crippen LogP contribution in [0, 0.1) is 5.92 Å². The van der Waals surface area contributed by atoms with Crippen molar-refractivity contribution in [2.45, 2.75) is 58.0 Å². The molecule has 0 radical (unpaired) electrons. The highest BCUT2D eigenvalue weighted by Gasteiger charge is 2.27. The summed E-state index contributed by atoms with van der Waals surface area (Å²) in [5.74, 6) is -0.222. The molecule has 0 aliphatic carbocycles. The molecule has 2 atom stereocenters. The lowest BCUT2D eigenvalue weighted by atomic mass is 10.0. The van der Waals surface area contributed by atoms with E-state index in [9.17, 15) is 18.0 Å². The Kier molecular flexibility index (Phi) is 9.03. The molecule has 2 unspecified atom stereocenters. The van der Waals surface area contributed by atoms with Gasteiger partial charge in [0.25, 0.3) is 5.91 Å². The highest BCUT2D eigenvalue weighted by Crippen LogP contribution is 2.17. The molecular formula is C23H33N3O5S. The lowest BCUT2D eigenvalue weighted by Crippen LogP contribution is -2.52. The summed E-state index contributed by atoms with van der Waals surface area (Å²) in [5, 5.41) is 5.66. The topological polar surface area (TPSA) is 109 Å². The molecule has 8 nitrogen and oxygen atoms in total. The summed E-state index contributed by atoms with van der Waals surface area (Å²) in [5.41, 5.74) is 0.181. The predicted octanol–water partition coefficient (Wildman–Crippen LogP) is 2.81. The van der Waals surface area contributed by atoms with Crippen molar-refractivity contribution < 1.29 is 22.4 Å². The summed E-state index contributed by atoms with van der Waals surface area (Å²) in [7, 11) is -3.69. The number of hydrogen-bond donors (Lipinski definition) is 2. The summed E-state index contributed by atoms with van der Waals surface area (Å²) in [6.45, 7) is 9.72. The second kappa shape index (κ2) is 11.3. The van der Waals surface area contributed by atoms with Crippen LogP contribution in [0.15, 0.2) is 52.0 Å². The van der Waals surface area contributed by atoms with Crippen LogP contribution in [-0.2, 0) is 21.2 Å². The fourth-order valence-electron chi connectivity index (χ4n) is 3.38. The van der Waals surface area contributed by atoms with Crippen LogP contribution in [0.4, 0.5) is 0 Å². The molecule has 2 aromatic rings. The molecule has 0 bridgehead atoms. The van der Waals surface area contributed by atoms with Crippen molar-refractivity contribution in [1.29, 1.82) is 0 Å². The number of carbonyl (C=O) groups is 2. The van der Waals surface area contributed by atoms with Crippen LogP contribution >= 0.6 is 0 Å². The van der Waals surface area contributed by atoms with Gasteiger partial charge in [-0.05, 0) is 43.2 Å². The number of rotatable bonds is 11. The van der Waals surface area contributed by atoms with Gasteiger partial charge < -0.3 is 15.1 Å². The Labute approximate surface area is 190 Å². The molecule has 9 heteroatoms. The first-order valence-electron chi connectivity index (χ1n) is 10.8. The number of carbonyl (C=O) groups excluding carboxylic acids is 2. The van der Waals surface area contributed by atoms with Crippen molar-refractivity contribution in [3.8, 4) is 0 Å². The number of furan rings is 1. The first-order chi connectivity index (χ1) is 15.1. The van der Waals surface area contributed by atoms with E-state index in [4.69, 9.17) is 4.42 Å². The Hall–Kier alpha value is -2.65. The van der Waals surface area contributed by atoms with Crippen LogP contribution in [0.2, 0.25) is 0 Å². The van der Waals surface area contributed by atoms with Crippen molar-refractivity contribution in [1.82, 2.24) is 14.9 Å². The summed E-state index contributed by atoms with van der Waals surface area (Å²) < 4.78 is 32.2. The standard InChI is InChI=1S/C23H33N3O5S/c1-6-26(7-2)32(29,30)20-12-8-10-18(15-20)22(27)25-21(16(3)4)23(28)24-17(5)14-19-11-9-13-31-19/h8-13,15-17,21H,6-7,14H2,1-5H3,(H,24,28)(H,25,27). The highest BCUT2D eigenvalue weighted by atomic mass is 32.2. The maximum atomic E-state index is 12.9. The zero-order valence-electron chi connectivity index (χ0n) is 19.3. The van der Waals surface area contributed by atoms with E-state index in [0.29, 0.717) is 19.5 Å². The zero-order valence-corrected chi connectivity index (χ0v) is 20.1. The molecule has 32 heavy (non-hydrogen) atoms. The molecule has 1 heterocycles. The molecule has 1 aromatic heterocycles. The Balaban J connectivity index is 2.13. The summed E-state index contributed by atoms with van der Waals surface area (Å²) in [6.07, 6.45) is 2.11. The summed E-state index contributed by atoms with van der Waals surface area (Å²) >= 11 is 0. The summed E-state index contributed by atoms with van der Waals surface area (Å²) in [6, 6.07) is 8.54. The molecular weight excluding hydrogens is 430 g/mol. The van der Waals surface area contributed by atoms with Gasteiger partial charge >= 0.3 is 0 Å². The SMILES string of the molecule is CCN(CC)S(=O)(=O)c1cccc(C(=O)NC(C(=O)NC(C)Cc2ccco2)C(C)C)c1. The third-order valence-corrected chi connectivity index (χ3v) is 7.20. The van der Waals surface area contributed by atoms with Crippen LogP contribution in [0.5, 0.6) is 0 Å². The molecule has 0 fully saturated rings. The van der Waals surface area contributed by atoms with Gasteiger partial charge in [0.2, 0.25) is 15.9 Å². The minimum atomic E-state index is -3.69. The Bertz CT molecular complexity index is 998. The lowest BCUT2D eigenvalue weighted by Gasteiger charge is -2.24. The van der Waals surface area contributed by atoms with Gasteiger partial charge in [-0.15, -0.1) is 0 Å². The van der Waals surface area contributed by atoms with Crippen LogP contribution in [0.25, 0.3) is 0 Å². The van der Waals surface area contributed by atoms with Gasteiger partial charge in [0.1, 0.15) is 11.8 Å². The van der Waals surface area contributed by atoms with Crippen molar-refractivity contribution in [2.24, 2.45) is 5.92 Å². The van der Waals surface area contributed by atoms with Gasteiger partial charge in [-0.2, -0.15) is 4.31 Å². The van der Waals surface area contributed by atoms with Gasteiger partial charge in [-0.3, -0.25) is 9.59 Å². The van der Waals surface area contributed by atoms with E-state index >= 15 is 0 Å². The van der Waals surface area contributed by atoms with Gasteiger partial charge in [0, 0.05) is 31.1 Å². The van der Waals surface area contributed by atoms with E-state index in [-0.39, 0.29) is 28.3 Å². The monoisotopic (exact) mass is 463 g/mol. The largest absolute Gasteiger partial charge is 0.469 e. The van der Waals surface area contributed by atoms with E-state index in [1.165, 1.54) is 28.6 Å². The lowest BCUT2D eigenvalue weighted by molar-refractivity contribution is -0.124. The van der Waals surface area contributed by atoms with Gasteiger partial charge in [-0.1, -0.05) is 33.8 Å². The number of nitrogens with one attached hydrogen (secondary N) is 2. The second-order valence-electron chi connectivity index (χ2n) is 8.01. The first-order valence-corrected chi connectivity index (χ1v) is 12.3. The minimum Gasteiger partial charge on any atom is -0.469 e. The number of sulfonamides is 1. The van der Waals surface area contributed by atoms with E-state index < -0.39 is 22.0 Å². The maximum Gasteiger partial charge on any atom is 0.251 e. The van der Waals surface area contributed by atoms with Crippen LogP contribution in [-0.4, -0.2) is 49.7 Å². The highest BCUT2D eigenvalue weighted by molar-refractivity contribution is 7.89. The number of nitrogens with zero attached hydrogens (tertiary/aromatic N) is 1. The molecule has 2 rings (SSSR count). The third-order valence-electron chi connectivity index (χ3n) is 5.15. The predicted molar refractivity (Wildman–Crippen MR) is 123 cm³/mol. The van der Waals surface area contributed by atoms with E-state index in [1.54, 1.807) is 26.2 Å². The number of hydrogen-bond acceptors (Lipinski definition) is 5. The fourth-order valence-corrected chi connectivity index (χ4v) is 4.89. The summed E-state index contributed by atoms with van der Waals surface area (Å²) in [4.78, 5) is 25.8. The van der Waals surface area contributed by atoms with Crippen molar-refractivity contribution in [2.75, 3.05) is 13.1 Å². The average Bonchev–Trinajstić information content (AvgIpc) is 3.25. The molecule has 0 spiro atoms. The van der Waals surface area contributed by atoms with E-state index in [1.807, 2.05) is 26.8 Å². The fraction of sp³-hybridized carbons (Fsp3) is 0.478. The molecule has 2 amide bonds. The van der Waals surface area contributed by atoms with Crippen molar-refractivity contribution in [3.63, 3.8) is 0 Å². The maximum absolute atomic E-state index is 12.9. The van der Waals surface area contributed by atoms with Crippen LogP contribution in [0.1, 0.15) is 50.7 Å². The Morgan fingerprint density at radius 2 is 1.72 bits per heavy atom. The minimum absolute atomic E-state index is 0.0477. The molecule has 176 valence electrons. The van der Waals surface area contributed by atoms with Crippen molar-refractivity contribution >= 4 is 21.8 Å². The van der Waals surface area contributed by atoms with Gasteiger partial charge in [0.15, 0.2) is 0 Å². The van der Waals surface area contributed by atoms with E-state index in [2.05, 4.69) is 10.6 Å². The normalized spacial score (nSPS) is 13.7. The Morgan fingerprint density at radius 3 is 2.28 bits per heavy atom. The van der Waals surface area contributed by atoms with Crippen LogP contribution < -0.4 is 10.6 Å². The number of amides is 2. The third kappa shape index (κ3) is 6.43. The Morgan fingerprint density at radius 1 is 1.03 bits per heavy atom. The average molecular weight is 464 g/mol. The molecule has 0 saturated carbocycles.